The summed E-state index contributed by atoms with van der Waals surface area (Å²) in [6.45, 7) is 12.9. The fraction of sp³-hybridized carbons (Fsp3) is 0.588. The van der Waals surface area contributed by atoms with Crippen molar-refractivity contribution in [1.82, 2.24) is 20.3 Å². The maximum atomic E-state index is 14.2. The zero-order valence-corrected chi connectivity index (χ0v) is 27.9. The van der Waals surface area contributed by atoms with Gasteiger partial charge in [-0.25, -0.2) is 13.2 Å². The van der Waals surface area contributed by atoms with Gasteiger partial charge in [-0.1, -0.05) is 55.3 Å². The normalized spacial score (nSPS) is 24.8. The number of hydrogen-bond donors (Lipinski definition) is 3. The van der Waals surface area contributed by atoms with E-state index in [-0.39, 0.29) is 25.3 Å². The molecule has 4 rings (SSSR count). The molecular formula is C34H48N4O7S. The number of sulfonamides is 1. The number of ether oxygens (including phenoxy) is 1. The van der Waals surface area contributed by atoms with Gasteiger partial charge in [0.15, 0.2) is 0 Å². The van der Waals surface area contributed by atoms with Crippen molar-refractivity contribution in [2.75, 3.05) is 6.54 Å². The van der Waals surface area contributed by atoms with Gasteiger partial charge in [0.05, 0.1) is 5.25 Å². The Balaban J connectivity index is 1.58. The highest BCUT2D eigenvalue weighted by Crippen LogP contribution is 2.46. The molecule has 2 saturated carbocycles. The summed E-state index contributed by atoms with van der Waals surface area (Å²) in [6, 6.07) is 7.65. The molecule has 0 radical (unpaired) electrons. The van der Waals surface area contributed by atoms with E-state index in [0.717, 1.165) is 24.8 Å². The Morgan fingerprint density at radius 2 is 1.78 bits per heavy atom. The first-order valence-corrected chi connectivity index (χ1v) is 17.7. The highest BCUT2D eigenvalue weighted by atomic mass is 32.2. The first-order chi connectivity index (χ1) is 21.7. The quantitative estimate of drug-likeness (QED) is 0.190. The van der Waals surface area contributed by atoms with Gasteiger partial charge in [0, 0.05) is 18.4 Å². The molecule has 1 heterocycles. The number of benzene rings is 1. The number of hydrogen-bond acceptors (Lipinski definition) is 7. The third kappa shape index (κ3) is 8.77. The number of rotatable bonds is 15. The van der Waals surface area contributed by atoms with Crippen LogP contribution in [-0.4, -0.2) is 72.2 Å². The molecule has 11 nitrogen and oxygen atoms in total. The molecule has 46 heavy (non-hydrogen) atoms. The van der Waals surface area contributed by atoms with Crippen LogP contribution < -0.4 is 15.4 Å². The molecule has 1 aliphatic heterocycles. The van der Waals surface area contributed by atoms with Crippen LogP contribution in [0.3, 0.4) is 0 Å². The molecule has 3 N–H and O–H groups in total. The van der Waals surface area contributed by atoms with Gasteiger partial charge < -0.3 is 20.3 Å². The van der Waals surface area contributed by atoms with Crippen LogP contribution in [0.4, 0.5) is 4.79 Å². The SMILES string of the molecule is C=CCCCCC[C@H](NC(=O)OC(C)(C)C)C(=O)N1C[C@H](c2ccccc2)CC1C(=O)N[C@]1(C(=O)NS(=O)(=O)C2CC2)CC1C=C. The molecule has 252 valence electrons. The van der Waals surface area contributed by atoms with E-state index in [9.17, 15) is 27.6 Å². The van der Waals surface area contributed by atoms with Gasteiger partial charge in [0.2, 0.25) is 21.8 Å². The standard InChI is InChI=1S/C34H48N4O7S/c1-6-8-9-10-14-17-27(35-32(42)45-33(3,4)5)30(40)38-22-24(23-15-12-11-13-16-23)20-28(38)29(39)36-34(21-25(34)7-2)31(41)37-46(43,44)26-18-19-26/h6-7,11-13,15-16,24-28H,1-2,8-10,14,17-22H2,3-5H3,(H,35,42)(H,36,39)(H,37,41)/t24-,25?,27+,28?,34-/m1/s1. The third-order valence-electron chi connectivity index (χ3n) is 8.80. The summed E-state index contributed by atoms with van der Waals surface area (Å²) in [5.74, 6) is -2.41. The van der Waals surface area contributed by atoms with E-state index in [2.05, 4.69) is 28.5 Å². The van der Waals surface area contributed by atoms with Crippen LogP contribution in [0.2, 0.25) is 0 Å². The van der Waals surface area contributed by atoms with Crippen LogP contribution in [0.25, 0.3) is 0 Å². The largest absolute Gasteiger partial charge is 0.444 e. The fourth-order valence-corrected chi connectivity index (χ4v) is 7.40. The second-order valence-corrected chi connectivity index (χ2v) is 15.6. The number of carbonyl (C=O) groups excluding carboxylic acids is 4. The average molecular weight is 657 g/mol. The van der Waals surface area contributed by atoms with Crippen LogP contribution in [0.15, 0.2) is 55.6 Å². The summed E-state index contributed by atoms with van der Waals surface area (Å²) in [6.07, 6.45) is 7.67. The van der Waals surface area contributed by atoms with Crippen molar-refractivity contribution in [3.8, 4) is 0 Å². The first-order valence-electron chi connectivity index (χ1n) is 16.2. The van der Waals surface area contributed by atoms with E-state index in [4.69, 9.17) is 4.74 Å². The molecule has 0 bridgehead atoms. The number of nitrogens with zero attached hydrogens (tertiary/aromatic N) is 1. The summed E-state index contributed by atoms with van der Waals surface area (Å²) >= 11 is 0. The van der Waals surface area contributed by atoms with Crippen molar-refractivity contribution in [3.63, 3.8) is 0 Å². The average Bonchev–Trinajstić information content (AvgIpc) is 3.92. The lowest BCUT2D eigenvalue weighted by molar-refractivity contribution is -0.141. The molecule has 2 unspecified atom stereocenters. The lowest BCUT2D eigenvalue weighted by atomic mass is 9.96. The van der Waals surface area contributed by atoms with Gasteiger partial charge in [-0.3, -0.25) is 19.1 Å². The summed E-state index contributed by atoms with van der Waals surface area (Å²) in [4.78, 5) is 55.9. The number of likely N-dealkylation sites (tertiary alicyclic amines) is 1. The molecule has 4 amide bonds. The molecule has 0 aromatic heterocycles. The fourth-order valence-electron chi connectivity index (χ4n) is 6.04. The van der Waals surface area contributed by atoms with Crippen molar-refractivity contribution >= 4 is 33.8 Å². The summed E-state index contributed by atoms with van der Waals surface area (Å²) in [7, 11) is -3.84. The molecule has 1 aromatic carbocycles. The Hall–Kier alpha value is -3.67. The van der Waals surface area contributed by atoms with E-state index >= 15 is 0 Å². The number of unbranched alkanes of at least 4 members (excludes halogenated alkanes) is 3. The predicted molar refractivity (Wildman–Crippen MR) is 175 cm³/mol. The maximum Gasteiger partial charge on any atom is 0.408 e. The van der Waals surface area contributed by atoms with Crippen LogP contribution in [0.1, 0.15) is 90.0 Å². The van der Waals surface area contributed by atoms with Crippen molar-refractivity contribution in [2.45, 2.75) is 113 Å². The summed E-state index contributed by atoms with van der Waals surface area (Å²) < 4.78 is 32.8. The third-order valence-corrected chi connectivity index (χ3v) is 10.6. The topological polar surface area (TPSA) is 151 Å². The monoisotopic (exact) mass is 656 g/mol. The van der Waals surface area contributed by atoms with Gasteiger partial charge >= 0.3 is 6.09 Å². The number of amides is 4. The number of alkyl carbamates (subject to hydrolysis) is 1. The zero-order chi connectivity index (χ0) is 33.7. The second-order valence-electron chi connectivity index (χ2n) is 13.7. The van der Waals surface area contributed by atoms with Gasteiger partial charge in [-0.2, -0.15) is 0 Å². The molecule has 1 saturated heterocycles. The second kappa shape index (κ2) is 14.4. The Labute approximate surface area is 272 Å². The molecule has 2 aliphatic carbocycles. The van der Waals surface area contributed by atoms with E-state index < -0.39 is 68.2 Å². The van der Waals surface area contributed by atoms with Crippen molar-refractivity contribution in [3.05, 3.63) is 61.2 Å². The van der Waals surface area contributed by atoms with Crippen molar-refractivity contribution in [1.29, 1.82) is 0 Å². The van der Waals surface area contributed by atoms with Crippen molar-refractivity contribution in [2.24, 2.45) is 5.92 Å². The van der Waals surface area contributed by atoms with Gasteiger partial charge in [-0.05, 0) is 71.3 Å². The van der Waals surface area contributed by atoms with Gasteiger partial charge in [0.1, 0.15) is 23.2 Å². The highest BCUT2D eigenvalue weighted by molar-refractivity contribution is 7.91. The Kier molecular flexibility index (Phi) is 11.0. The summed E-state index contributed by atoms with van der Waals surface area (Å²) in [5.41, 5.74) is -1.29. The molecule has 12 heteroatoms. The Bertz CT molecular complexity index is 1420. The van der Waals surface area contributed by atoms with Gasteiger partial charge in [0.25, 0.3) is 5.91 Å². The van der Waals surface area contributed by atoms with Gasteiger partial charge in [-0.15, -0.1) is 13.2 Å². The van der Waals surface area contributed by atoms with Crippen LogP contribution in [0.5, 0.6) is 0 Å². The predicted octanol–water partition coefficient (Wildman–Crippen LogP) is 4.07. The zero-order valence-electron chi connectivity index (χ0n) is 27.1. The maximum absolute atomic E-state index is 14.2. The number of carbonyl (C=O) groups is 4. The Morgan fingerprint density at radius 3 is 2.37 bits per heavy atom. The molecule has 3 fully saturated rings. The highest BCUT2D eigenvalue weighted by Gasteiger charge is 2.62. The lowest BCUT2D eigenvalue weighted by Crippen LogP contribution is -2.58. The van der Waals surface area contributed by atoms with Crippen molar-refractivity contribution < 1.29 is 32.3 Å². The summed E-state index contributed by atoms with van der Waals surface area (Å²) in [5, 5.41) is 4.96. The van der Waals surface area contributed by atoms with Crippen LogP contribution in [0, 0.1) is 5.92 Å². The minimum Gasteiger partial charge on any atom is -0.444 e. The number of nitrogens with one attached hydrogen (secondary N) is 3. The molecule has 0 spiro atoms. The van der Waals surface area contributed by atoms with E-state index in [1.54, 1.807) is 20.8 Å². The van der Waals surface area contributed by atoms with Crippen LogP contribution >= 0.6 is 0 Å². The Morgan fingerprint density at radius 1 is 1.09 bits per heavy atom. The van der Waals surface area contributed by atoms with E-state index in [1.165, 1.54) is 11.0 Å². The molecule has 3 aliphatic rings. The molecule has 5 atom stereocenters. The minimum absolute atomic E-state index is 0.176. The minimum atomic E-state index is -3.84. The van der Waals surface area contributed by atoms with E-state index in [0.29, 0.717) is 25.7 Å². The first kappa shape index (κ1) is 35.2. The smallest absolute Gasteiger partial charge is 0.408 e. The molecular weight excluding hydrogens is 608 g/mol. The molecule has 1 aromatic rings. The lowest BCUT2D eigenvalue weighted by Gasteiger charge is -2.30. The van der Waals surface area contributed by atoms with Crippen LogP contribution in [-0.2, 0) is 29.1 Å². The number of allylic oxidation sites excluding steroid dienone is 1. The van der Waals surface area contributed by atoms with E-state index in [1.807, 2.05) is 36.4 Å².